The van der Waals surface area contributed by atoms with Gasteiger partial charge < -0.3 is 0 Å². The first-order chi connectivity index (χ1) is 6.11. The van der Waals surface area contributed by atoms with Crippen molar-refractivity contribution in [3.63, 3.8) is 0 Å². The van der Waals surface area contributed by atoms with Crippen LogP contribution in [-0.2, 0) is 0 Å². The molecule has 1 rings (SSSR count). The molecule has 0 aliphatic heterocycles. The van der Waals surface area contributed by atoms with E-state index in [9.17, 15) is 0 Å². The SMILES string of the molecule is C=C(C)[C@H]1CC=C(C)CC1.O=NCl. The van der Waals surface area contributed by atoms with Crippen molar-refractivity contribution in [3.05, 3.63) is 28.7 Å². The van der Waals surface area contributed by atoms with Gasteiger partial charge in [0.05, 0.1) is 11.8 Å². The molecule has 0 bridgehead atoms. The predicted molar refractivity (Wildman–Crippen MR) is 57.6 cm³/mol. The van der Waals surface area contributed by atoms with Crippen molar-refractivity contribution < 1.29 is 0 Å². The van der Waals surface area contributed by atoms with Gasteiger partial charge in [0.1, 0.15) is 0 Å². The zero-order chi connectivity index (χ0) is 10.3. The Morgan fingerprint density at radius 2 is 2.31 bits per heavy atom. The molecule has 0 heterocycles. The van der Waals surface area contributed by atoms with Gasteiger partial charge >= 0.3 is 0 Å². The average molecular weight is 202 g/mol. The van der Waals surface area contributed by atoms with Crippen LogP contribution in [0.3, 0.4) is 0 Å². The number of nitrogens with zero attached hydrogens (tertiary/aromatic N) is 1. The highest BCUT2D eigenvalue weighted by Gasteiger charge is 2.11. The minimum Gasteiger partial charge on any atom is -0.131 e. The molecule has 1 aliphatic carbocycles. The van der Waals surface area contributed by atoms with Crippen LogP contribution in [0.25, 0.3) is 0 Å². The third-order valence-electron chi connectivity index (χ3n) is 2.33. The fraction of sp³-hybridized carbons (Fsp3) is 0.600. The Kier molecular flexibility index (Phi) is 6.51. The first-order valence-electron chi connectivity index (χ1n) is 4.36. The Morgan fingerprint density at radius 1 is 1.77 bits per heavy atom. The second-order valence-electron chi connectivity index (χ2n) is 3.44. The zero-order valence-corrected chi connectivity index (χ0v) is 8.97. The quantitative estimate of drug-likeness (QED) is 0.462. The van der Waals surface area contributed by atoms with Crippen molar-refractivity contribution in [1.29, 1.82) is 0 Å². The van der Waals surface area contributed by atoms with Gasteiger partial charge in [-0.2, -0.15) is 0 Å². The molecule has 0 spiro atoms. The van der Waals surface area contributed by atoms with E-state index >= 15 is 0 Å². The Hall–Kier alpha value is -0.630. The summed E-state index contributed by atoms with van der Waals surface area (Å²) in [6.07, 6.45) is 6.17. The summed E-state index contributed by atoms with van der Waals surface area (Å²) in [4.78, 5) is 8.32. The molecule has 0 amide bonds. The van der Waals surface area contributed by atoms with Crippen LogP contribution in [0.15, 0.2) is 28.5 Å². The van der Waals surface area contributed by atoms with Gasteiger partial charge in [0.2, 0.25) is 0 Å². The topological polar surface area (TPSA) is 29.4 Å². The van der Waals surface area contributed by atoms with Crippen LogP contribution in [0.5, 0.6) is 0 Å². The van der Waals surface area contributed by atoms with Gasteiger partial charge in [-0.05, 0) is 39.0 Å². The van der Waals surface area contributed by atoms with Crippen LogP contribution in [-0.4, -0.2) is 0 Å². The van der Waals surface area contributed by atoms with E-state index in [4.69, 9.17) is 4.91 Å². The average Bonchev–Trinajstić information content (AvgIpc) is 2.06. The Bertz CT molecular complexity index is 211. The molecule has 1 atom stereocenters. The molecule has 13 heavy (non-hydrogen) atoms. The lowest BCUT2D eigenvalue weighted by molar-refractivity contribution is 0.540. The van der Waals surface area contributed by atoms with Crippen molar-refractivity contribution in [2.24, 2.45) is 10.6 Å². The summed E-state index contributed by atoms with van der Waals surface area (Å²) in [5.41, 5.74) is 2.90. The van der Waals surface area contributed by atoms with E-state index in [1.807, 2.05) is 0 Å². The molecule has 1 aliphatic rings. The fourth-order valence-electron chi connectivity index (χ4n) is 1.41. The largest absolute Gasteiger partial charge is 0.131 e. The van der Waals surface area contributed by atoms with Crippen molar-refractivity contribution in [2.75, 3.05) is 0 Å². The molecule has 0 radical (unpaired) electrons. The number of hydrogen-bond donors (Lipinski definition) is 0. The van der Waals surface area contributed by atoms with Gasteiger partial charge in [0, 0.05) is 4.70 Å². The lowest BCUT2D eigenvalue weighted by atomic mass is 9.86. The summed E-state index contributed by atoms with van der Waals surface area (Å²) in [6.45, 7) is 8.33. The third kappa shape index (κ3) is 5.58. The number of hydrogen-bond acceptors (Lipinski definition) is 2. The van der Waals surface area contributed by atoms with E-state index < -0.39 is 0 Å². The maximum atomic E-state index is 8.32. The van der Waals surface area contributed by atoms with Gasteiger partial charge in [-0.3, -0.25) is 0 Å². The molecular formula is C10H16ClNO. The number of nitroso groups, excluding NO2 is 1. The minimum absolute atomic E-state index is 0.767. The van der Waals surface area contributed by atoms with Gasteiger partial charge in [-0.25, -0.2) is 0 Å². The second-order valence-corrected chi connectivity index (χ2v) is 3.58. The molecule has 0 aromatic rings. The summed E-state index contributed by atoms with van der Waals surface area (Å²) in [6, 6.07) is 0. The summed E-state index contributed by atoms with van der Waals surface area (Å²) >= 11 is 4.07. The molecule has 0 aromatic heterocycles. The molecule has 0 N–H and O–H groups in total. The maximum Gasteiger partial charge on any atom is 0.0835 e. The smallest absolute Gasteiger partial charge is 0.0835 e. The first kappa shape index (κ1) is 12.4. The highest BCUT2D eigenvalue weighted by molar-refractivity contribution is 6.14. The van der Waals surface area contributed by atoms with Crippen molar-refractivity contribution in [3.8, 4) is 0 Å². The molecule has 0 saturated heterocycles. The van der Waals surface area contributed by atoms with Crippen LogP contribution in [0, 0.1) is 10.8 Å². The number of allylic oxidation sites excluding steroid dienone is 3. The second kappa shape index (κ2) is 6.84. The molecule has 0 saturated carbocycles. The Labute approximate surface area is 84.8 Å². The molecule has 74 valence electrons. The molecule has 0 fully saturated rings. The molecule has 0 unspecified atom stereocenters. The van der Waals surface area contributed by atoms with Crippen LogP contribution in [0.1, 0.15) is 33.1 Å². The Morgan fingerprint density at radius 3 is 2.62 bits per heavy atom. The fourth-order valence-corrected chi connectivity index (χ4v) is 1.41. The summed E-state index contributed by atoms with van der Waals surface area (Å²) in [5, 5.41) is 0. The van der Waals surface area contributed by atoms with Gasteiger partial charge in [0.15, 0.2) is 0 Å². The standard InChI is InChI=1S/C10H16.ClNO/c1-8(2)10-6-4-9(3)5-7-10;1-2-3/h4,10H,1,5-7H2,2-3H3;/t10-;/m0./s1. The van der Waals surface area contributed by atoms with Crippen molar-refractivity contribution >= 4 is 11.8 Å². The van der Waals surface area contributed by atoms with E-state index in [1.54, 1.807) is 10.3 Å². The van der Waals surface area contributed by atoms with Crippen molar-refractivity contribution in [1.82, 2.24) is 0 Å². The Balaban J connectivity index is 0.000000424. The van der Waals surface area contributed by atoms with E-state index in [0.717, 1.165) is 5.92 Å². The highest BCUT2D eigenvalue weighted by Crippen LogP contribution is 2.27. The molecular weight excluding hydrogens is 186 g/mol. The van der Waals surface area contributed by atoms with Crippen LogP contribution < -0.4 is 0 Å². The van der Waals surface area contributed by atoms with Crippen LogP contribution >= 0.6 is 11.8 Å². The molecule has 3 heteroatoms. The van der Waals surface area contributed by atoms with E-state index in [-0.39, 0.29) is 0 Å². The minimum atomic E-state index is 0.767. The van der Waals surface area contributed by atoms with Crippen LogP contribution in [0.4, 0.5) is 0 Å². The normalized spacial score (nSPS) is 20.8. The third-order valence-corrected chi connectivity index (χ3v) is 2.33. The summed E-state index contributed by atoms with van der Waals surface area (Å²) in [5.74, 6) is 0.767. The molecule has 2 nitrogen and oxygen atoms in total. The summed E-state index contributed by atoms with van der Waals surface area (Å²) in [7, 11) is 0. The van der Waals surface area contributed by atoms with E-state index in [2.05, 4.69) is 38.3 Å². The van der Waals surface area contributed by atoms with Gasteiger partial charge in [0.25, 0.3) is 0 Å². The van der Waals surface area contributed by atoms with E-state index in [0.29, 0.717) is 0 Å². The van der Waals surface area contributed by atoms with Gasteiger partial charge in [-0.1, -0.05) is 23.8 Å². The van der Waals surface area contributed by atoms with Crippen molar-refractivity contribution in [2.45, 2.75) is 33.1 Å². The lowest BCUT2D eigenvalue weighted by Gasteiger charge is -2.19. The predicted octanol–water partition coefficient (Wildman–Crippen LogP) is 4.22. The first-order valence-corrected chi connectivity index (χ1v) is 4.70. The highest BCUT2D eigenvalue weighted by atomic mass is 35.5. The van der Waals surface area contributed by atoms with E-state index in [1.165, 1.54) is 24.8 Å². The van der Waals surface area contributed by atoms with Crippen LogP contribution in [0.2, 0.25) is 0 Å². The number of halogens is 1. The zero-order valence-electron chi connectivity index (χ0n) is 8.22. The summed E-state index contributed by atoms with van der Waals surface area (Å²) < 4.78 is 1.72. The van der Waals surface area contributed by atoms with Gasteiger partial charge in [-0.15, -0.1) is 4.91 Å². The lowest BCUT2D eigenvalue weighted by Crippen LogP contribution is -2.04. The monoisotopic (exact) mass is 201 g/mol. The maximum absolute atomic E-state index is 8.32. The number of rotatable bonds is 1. The molecule has 0 aromatic carbocycles.